The molecule has 154 valence electrons. The topological polar surface area (TPSA) is 81.5 Å². The minimum Gasteiger partial charge on any atom is -0.465 e. The zero-order valence-electron chi connectivity index (χ0n) is 16.9. The number of furan rings is 1. The Morgan fingerprint density at radius 2 is 1.84 bits per heavy atom. The van der Waals surface area contributed by atoms with Gasteiger partial charge in [-0.25, -0.2) is 4.52 Å². The number of benzene rings is 2. The lowest BCUT2D eigenvalue weighted by atomic mass is 10.1. The van der Waals surface area contributed by atoms with Crippen LogP contribution in [0.15, 0.2) is 82.1 Å². The number of carbonyl (C=O) groups excluding carboxylic acids is 1. The van der Waals surface area contributed by atoms with Crippen molar-refractivity contribution in [2.45, 2.75) is 20.0 Å². The first kappa shape index (κ1) is 18.9. The summed E-state index contributed by atoms with van der Waals surface area (Å²) in [6.45, 7) is 2.55. The number of hydrogen-bond acceptors (Lipinski definition) is 4. The van der Waals surface area contributed by atoms with Gasteiger partial charge in [0.1, 0.15) is 17.0 Å². The summed E-state index contributed by atoms with van der Waals surface area (Å²) >= 11 is 0. The largest absolute Gasteiger partial charge is 0.465 e. The Kier molecular flexibility index (Phi) is 4.63. The molecule has 0 fully saturated rings. The summed E-state index contributed by atoms with van der Waals surface area (Å²) in [6.07, 6.45) is 1.61. The van der Waals surface area contributed by atoms with Gasteiger partial charge in [-0.15, -0.1) is 0 Å². The van der Waals surface area contributed by atoms with E-state index in [-0.39, 0.29) is 11.5 Å². The molecular formula is C24H20N4O3. The highest BCUT2D eigenvalue weighted by Crippen LogP contribution is 2.18. The van der Waals surface area contributed by atoms with Crippen molar-refractivity contribution in [1.29, 1.82) is 0 Å². The van der Waals surface area contributed by atoms with E-state index >= 15 is 0 Å². The molecule has 7 heteroatoms. The number of fused-ring (bicyclic) bond motifs is 3. The van der Waals surface area contributed by atoms with Gasteiger partial charge in [0, 0.05) is 5.56 Å². The van der Waals surface area contributed by atoms with E-state index in [0.717, 1.165) is 16.8 Å². The minimum absolute atomic E-state index is 0.155. The molecule has 5 aromatic rings. The maximum absolute atomic E-state index is 13.2. The second kappa shape index (κ2) is 7.60. The average molecular weight is 412 g/mol. The molecule has 0 spiro atoms. The molecule has 0 aliphatic rings. The fourth-order valence-electron chi connectivity index (χ4n) is 3.74. The first-order valence-electron chi connectivity index (χ1n) is 9.98. The van der Waals surface area contributed by atoms with Crippen LogP contribution in [0.2, 0.25) is 0 Å². The number of hydrogen-bond donors (Lipinski definition) is 1. The molecule has 0 saturated heterocycles. The van der Waals surface area contributed by atoms with Crippen molar-refractivity contribution in [2.75, 3.05) is 0 Å². The number of aryl methyl sites for hydroxylation is 1. The smallest absolute Gasteiger partial charge is 0.277 e. The molecule has 0 radical (unpaired) electrons. The fourth-order valence-corrected chi connectivity index (χ4v) is 3.74. The summed E-state index contributed by atoms with van der Waals surface area (Å²) < 4.78 is 8.82. The molecule has 2 aromatic carbocycles. The number of amides is 1. The van der Waals surface area contributed by atoms with Crippen molar-refractivity contribution in [2.24, 2.45) is 0 Å². The van der Waals surface area contributed by atoms with E-state index in [1.165, 1.54) is 0 Å². The van der Waals surface area contributed by atoms with Gasteiger partial charge in [0.2, 0.25) is 0 Å². The van der Waals surface area contributed by atoms with Crippen LogP contribution in [0.1, 0.15) is 27.4 Å². The summed E-state index contributed by atoms with van der Waals surface area (Å²) in [6, 6.07) is 20.5. The van der Waals surface area contributed by atoms with Crippen LogP contribution in [0.4, 0.5) is 0 Å². The van der Waals surface area contributed by atoms with E-state index < -0.39 is 0 Å². The molecule has 0 aliphatic heterocycles. The predicted octanol–water partition coefficient (Wildman–Crippen LogP) is 3.53. The van der Waals surface area contributed by atoms with Gasteiger partial charge in [0.05, 0.1) is 30.3 Å². The summed E-state index contributed by atoms with van der Waals surface area (Å²) in [4.78, 5) is 26.0. The Balaban J connectivity index is 1.57. The quantitative estimate of drug-likeness (QED) is 0.479. The molecule has 0 unspecified atom stereocenters. The highest BCUT2D eigenvalue weighted by Gasteiger charge is 2.15. The Labute approximate surface area is 177 Å². The minimum atomic E-state index is -0.241. The van der Waals surface area contributed by atoms with Crippen LogP contribution >= 0.6 is 0 Å². The normalized spacial score (nSPS) is 11.3. The first-order chi connectivity index (χ1) is 15.1. The third kappa shape index (κ3) is 3.50. The molecule has 3 aromatic heterocycles. The number of nitrogens with zero attached hydrogens (tertiary/aromatic N) is 3. The molecular weight excluding hydrogens is 392 g/mol. The van der Waals surface area contributed by atoms with Gasteiger partial charge < -0.3 is 14.3 Å². The SMILES string of the molecule is Cc1ccc(CNC(=O)c2ccc3c(c2)n(Cc2ccccc2)c(=O)c2ccnn23)o1. The van der Waals surface area contributed by atoms with Crippen LogP contribution in [0.5, 0.6) is 0 Å². The Morgan fingerprint density at radius 1 is 1.00 bits per heavy atom. The van der Waals surface area contributed by atoms with Crippen molar-refractivity contribution in [1.82, 2.24) is 19.5 Å². The highest BCUT2D eigenvalue weighted by atomic mass is 16.3. The van der Waals surface area contributed by atoms with E-state index in [9.17, 15) is 9.59 Å². The lowest BCUT2D eigenvalue weighted by molar-refractivity contribution is 0.0948. The van der Waals surface area contributed by atoms with Gasteiger partial charge >= 0.3 is 0 Å². The molecule has 0 bridgehead atoms. The summed E-state index contributed by atoms with van der Waals surface area (Å²) in [5.74, 6) is 1.24. The molecule has 0 saturated carbocycles. The van der Waals surface area contributed by atoms with Crippen molar-refractivity contribution in [3.05, 3.63) is 106 Å². The average Bonchev–Trinajstić information content (AvgIpc) is 3.44. The standard InChI is InChI=1S/C24H20N4O3/c1-16-7-9-19(31-16)14-25-23(29)18-8-10-20-22(13-18)27(15-17-5-3-2-4-6-17)24(30)21-11-12-26-28(20)21/h2-13H,14-15H2,1H3,(H,25,29). The van der Waals surface area contributed by atoms with Gasteiger partial charge in [0.15, 0.2) is 0 Å². The Bertz CT molecular complexity index is 1460. The van der Waals surface area contributed by atoms with Crippen LogP contribution in [-0.4, -0.2) is 20.1 Å². The molecule has 0 atom stereocenters. The van der Waals surface area contributed by atoms with Crippen molar-refractivity contribution >= 4 is 22.5 Å². The molecule has 1 N–H and O–H groups in total. The summed E-state index contributed by atoms with van der Waals surface area (Å²) in [7, 11) is 0. The van der Waals surface area contributed by atoms with Crippen LogP contribution in [0, 0.1) is 6.92 Å². The Morgan fingerprint density at radius 3 is 2.61 bits per heavy atom. The van der Waals surface area contributed by atoms with Crippen molar-refractivity contribution in [3.8, 4) is 0 Å². The van der Waals surface area contributed by atoms with Gasteiger partial charge in [-0.05, 0) is 48.9 Å². The maximum Gasteiger partial charge on any atom is 0.277 e. The van der Waals surface area contributed by atoms with Gasteiger partial charge in [-0.1, -0.05) is 30.3 Å². The van der Waals surface area contributed by atoms with Gasteiger partial charge in [-0.2, -0.15) is 5.10 Å². The summed E-state index contributed by atoms with van der Waals surface area (Å²) in [5, 5.41) is 7.17. The Hall–Kier alpha value is -4.13. The van der Waals surface area contributed by atoms with Crippen LogP contribution < -0.4 is 10.9 Å². The van der Waals surface area contributed by atoms with Crippen LogP contribution in [0.3, 0.4) is 0 Å². The molecule has 3 heterocycles. The third-order valence-electron chi connectivity index (χ3n) is 5.27. The maximum atomic E-state index is 13.2. The van der Waals surface area contributed by atoms with E-state index in [1.807, 2.05) is 55.5 Å². The summed E-state index contributed by atoms with van der Waals surface area (Å²) in [5.41, 5.74) is 3.20. The third-order valence-corrected chi connectivity index (χ3v) is 5.27. The molecule has 0 aliphatic carbocycles. The van der Waals surface area contributed by atoms with Gasteiger partial charge in [-0.3, -0.25) is 9.59 Å². The zero-order chi connectivity index (χ0) is 21.4. The van der Waals surface area contributed by atoms with Crippen LogP contribution in [0.25, 0.3) is 16.6 Å². The lowest BCUT2D eigenvalue weighted by Gasteiger charge is -2.13. The number of carbonyl (C=O) groups is 1. The van der Waals surface area contributed by atoms with Gasteiger partial charge in [0.25, 0.3) is 11.5 Å². The molecule has 7 nitrogen and oxygen atoms in total. The highest BCUT2D eigenvalue weighted by molar-refractivity contribution is 5.97. The fraction of sp³-hybridized carbons (Fsp3) is 0.125. The van der Waals surface area contributed by atoms with E-state index in [4.69, 9.17) is 4.42 Å². The number of aromatic nitrogens is 3. The van der Waals surface area contributed by atoms with Crippen molar-refractivity contribution in [3.63, 3.8) is 0 Å². The predicted molar refractivity (Wildman–Crippen MR) is 117 cm³/mol. The van der Waals surface area contributed by atoms with Crippen LogP contribution in [-0.2, 0) is 13.1 Å². The molecule has 5 rings (SSSR count). The van der Waals surface area contributed by atoms with E-state index in [0.29, 0.717) is 35.4 Å². The van der Waals surface area contributed by atoms with E-state index in [2.05, 4.69) is 10.4 Å². The van der Waals surface area contributed by atoms with Crippen molar-refractivity contribution < 1.29 is 9.21 Å². The zero-order valence-corrected chi connectivity index (χ0v) is 16.9. The monoisotopic (exact) mass is 412 g/mol. The second-order valence-corrected chi connectivity index (χ2v) is 7.40. The van der Waals surface area contributed by atoms with E-state index in [1.54, 1.807) is 33.5 Å². The second-order valence-electron chi connectivity index (χ2n) is 7.40. The first-order valence-corrected chi connectivity index (χ1v) is 9.98. The molecule has 31 heavy (non-hydrogen) atoms. The lowest BCUT2D eigenvalue weighted by Crippen LogP contribution is -2.25. The molecule has 1 amide bonds. The number of rotatable bonds is 5. The number of nitrogens with one attached hydrogen (secondary N) is 1.